The number of halogens is 1. The summed E-state index contributed by atoms with van der Waals surface area (Å²) in [6, 6.07) is 4.01. The van der Waals surface area contributed by atoms with Crippen LogP contribution in [0.15, 0.2) is 18.2 Å². The highest BCUT2D eigenvalue weighted by Gasteiger charge is 2.16. The van der Waals surface area contributed by atoms with Crippen LogP contribution in [0, 0.1) is 5.82 Å². The number of methoxy groups -OCH3 is 1. The minimum absolute atomic E-state index is 0.0906. The summed E-state index contributed by atoms with van der Waals surface area (Å²) in [5.74, 6) is -3.25. The van der Waals surface area contributed by atoms with Crippen molar-refractivity contribution >= 4 is 11.8 Å². The average molecular weight is 212 g/mol. The highest BCUT2D eigenvalue weighted by atomic mass is 19.1. The molecule has 0 aromatic heterocycles. The van der Waals surface area contributed by atoms with Crippen LogP contribution >= 0.6 is 0 Å². The Kier molecular flexibility index (Phi) is 3.38. The predicted octanol–water partition coefficient (Wildman–Crippen LogP) is 1.03. The monoisotopic (exact) mass is 212 g/mol. The summed E-state index contributed by atoms with van der Waals surface area (Å²) in [5.41, 5.74) is 0.227. The van der Waals surface area contributed by atoms with Gasteiger partial charge in [0.05, 0.1) is 7.11 Å². The molecule has 0 spiro atoms. The normalized spacial score (nSPS) is 9.73. The lowest BCUT2D eigenvalue weighted by atomic mass is 10.1. The van der Waals surface area contributed by atoms with E-state index in [1.54, 1.807) is 0 Å². The van der Waals surface area contributed by atoms with Crippen molar-refractivity contribution in [1.29, 1.82) is 0 Å². The number of carboxylic acids is 1. The van der Waals surface area contributed by atoms with E-state index in [4.69, 9.17) is 9.84 Å². The number of carbonyl (C=O) groups excluding carboxylic acids is 1. The molecule has 0 radical (unpaired) electrons. The zero-order valence-corrected chi connectivity index (χ0v) is 7.99. The van der Waals surface area contributed by atoms with E-state index in [9.17, 15) is 14.0 Å². The molecule has 0 aliphatic carbocycles. The third kappa shape index (κ3) is 2.52. The third-order valence-electron chi connectivity index (χ3n) is 1.84. The van der Waals surface area contributed by atoms with Crippen LogP contribution in [0.25, 0.3) is 0 Å². The smallest absolute Gasteiger partial charge is 0.372 e. The Morgan fingerprint density at radius 1 is 1.47 bits per heavy atom. The summed E-state index contributed by atoms with van der Waals surface area (Å²) in [4.78, 5) is 21.2. The van der Waals surface area contributed by atoms with Gasteiger partial charge in [0.2, 0.25) is 5.78 Å². The van der Waals surface area contributed by atoms with Gasteiger partial charge in [-0.2, -0.15) is 0 Å². The summed E-state index contributed by atoms with van der Waals surface area (Å²) in [6.45, 7) is 0. The summed E-state index contributed by atoms with van der Waals surface area (Å²) in [6.07, 6.45) is -0.379. The standard InChI is InChI=1S/C10H9FO4/c1-15-9-6(3-2-4-7(9)11)5-8(12)10(13)14/h2-4H,5H2,1H3,(H,13,14). The summed E-state index contributed by atoms with van der Waals surface area (Å²) >= 11 is 0. The first-order valence-electron chi connectivity index (χ1n) is 4.13. The van der Waals surface area contributed by atoms with Crippen molar-refractivity contribution in [3.8, 4) is 5.75 Å². The first kappa shape index (κ1) is 11.2. The quantitative estimate of drug-likeness (QED) is 0.757. The largest absolute Gasteiger partial charge is 0.493 e. The number of carbonyl (C=O) groups is 2. The number of benzene rings is 1. The maximum absolute atomic E-state index is 13.1. The molecule has 15 heavy (non-hydrogen) atoms. The molecule has 0 saturated carbocycles. The zero-order chi connectivity index (χ0) is 11.4. The van der Waals surface area contributed by atoms with Crippen LogP contribution in [0.3, 0.4) is 0 Å². The van der Waals surface area contributed by atoms with E-state index >= 15 is 0 Å². The molecular weight excluding hydrogens is 203 g/mol. The molecule has 0 unspecified atom stereocenters. The molecule has 0 heterocycles. The molecule has 4 nitrogen and oxygen atoms in total. The first-order valence-corrected chi connectivity index (χ1v) is 4.13. The Bertz CT molecular complexity index is 400. The molecule has 0 aliphatic rings. The lowest BCUT2D eigenvalue weighted by molar-refractivity contribution is -0.148. The number of ether oxygens (including phenoxy) is 1. The van der Waals surface area contributed by atoms with Crippen molar-refractivity contribution in [3.63, 3.8) is 0 Å². The second-order valence-corrected chi connectivity index (χ2v) is 2.84. The number of ketones is 1. The third-order valence-corrected chi connectivity index (χ3v) is 1.84. The average Bonchev–Trinajstić information content (AvgIpc) is 2.18. The fraction of sp³-hybridized carbons (Fsp3) is 0.200. The van der Waals surface area contributed by atoms with E-state index in [-0.39, 0.29) is 17.7 Å². The second kappa shape index (κ2) is 4.54. The van der Waals surface area contributed by atoms with Crippen molar-refractivity contribution in [2.75, 3.05) is 7.11 Å². The van der Waals surface area contributed by atoms with Crippen LogP contribution in [0.4, 0.5) is 4.39 Å². The lowest BCUT2D eigenvalue weighted by Crippen LogP contribution is -2.15. The molecule has 1 rings (SSSR count). The van der Waals surface area contributed by atoms with E-state index < -0.39 is 17.6 Å². The first-order chi connectivity index (χ1) is 7.06. The van der Waals surface area contributed by atoms with Gasteiger partial charge in [0.15, 0.2) is 11.6 Å². The number of hydrogen-bond acceptors (Lipinski definition) is 3. The van der Waals surface area contributed by atoms with Gasteiger partial charge in [0.1, 0.15) is 0 Å². The predicted molar refractivity (Wildman–Crippen MR) is 49.3 cm³/mol. The second-order valence-electron chi connectivity index (χ2n) is 2.84. The Labute approximate surface area is 85.3 Å². The molecule has 0 saturated heterocycles. The highest BCUT2D eigenvalue weighted by Crippen LogP contribution is 2.22. The Balaban J connectivity index is 2.99. The maximum Gasteiger partial charge on any atom is 0.372 e. The molecule has 0 amide bonds. The van der Waals surface area contributed by atoms with Crippen molar-refractivity contribution in [2.45, 2.75) is 6.42 Å². The number of aliphatic carboxylic acids is 1. The van der Waals surface area contributed by atoms with Gasteiger partial charge in [-0.3, -0.25) is 4.79 Å². The molecule has 0 fully saturated rings. The highest BCUT2D eigenvalue weighted by molar-refractivity contribution is 6.33. The maximum atomic E-state index is 13.1. The molecule has 0 atom stereocenters. The Morgan fingerprint density at radius 3 is 2.67 bits per heavy atom. The fourth-order valence-corrected chi connectivity index (χ4v) is 1.17. The molecule has 0 bridgehead atoms. The minimum atomic E-state index is -1.54. The fourth-order valence-electron chi connectivity index (χ4n) is 1.17. The van der Waals surface area contributed by atoms with Gasteiger partial charge >= 0.3 is 5.97 Å². The number of para-hydroxylation sites is 1. The van der Waals surface area contributed by atoms with Crippen molar-refractivity contribution < 1.29 is 23.8 Å². The van der Waals surface area contributed by atoms with Gasteiger partial charge < -0.3 is 9.84 Å². The van der Waals surface area contributed by atoms with Crippen LogP contribution in [0.5, 0.6) is 5.75 Å². The molecule has 1 aromatic carbocycles. The molecular formula is C10H9FO4. The van der Waals surface area contributed by atoms with Crippen molar-refractivity contribution in [3.05, 3.63) is 29.6 Å². The summed E-state index contributed by atoms with van der Waals surface area (Å²) in [7, 11) is 1.26. The topological polar surface area (TPSA) is 63.6 Å². The number of rotatable bonds is 4. The van der Waals surface area contributed by atoms with E-state index in [1.807, 2.05) is 0 Å². The molecule has 5 heteroatoms. The molecule has 80 valence electrons. The van der Waals surface area contributed by atoms with Gasteiger partial charge in [-0.25, -0.2) is 9.18 Å². The van der Waals surface area contributed by atoms with E-state index in [0.717, 1.165) is 0 Å². The van der Waals surface area contributed by atoms with Crippen LogP contribution < -0.4 is 4.74 Å². The lowest BCUT2D eigenvalue weighted by Gasteiger charge is -2.07. The number of hydrogen-bond donors (Lipinski definition) is 1. The van der Waals surface area contributed by atoms with Gasteiger partial charge in [-0.15, -0.1) is 0 Å². The zero-order valence-electron chi connectivity index (χ0n) is 7.99. The van der Waals surface area contributed by atoms with Gasteiger partial charge in [0, 0.05) is 12.0 Å². The SMILES string of the molecule is COc1c(F)cccc1CC(=O)C(=O)O. The van der Waals surface area contributed by atoms with Gasteiger partial charge in [-0.05, 0) is 6.07 Å². The van der Waals surface area contributed by atoms with Crippen LogP contribution in [-0.4, -0.2) is 24.0 Å². The van der Waals surface area contributed by atoms with Crippen LogP contribution in [0.2, 0.25) is 0 Å². The van der Waals surface area contributed by atoms with Crippen molar-refractivity contribution in [2.24, 2.45) is 0 Å². The van der Waals surface area contributed by atoms with Gasteiger partial charge in [0.25, 0.3) is 0 Å². The Hall–Kier alpha value is -1.91. The van der Waals surface area contributed by atoms with E-state index in [2.05, 4.69) is 0 Å². The van der Waals surface area contributed by atoms with Crippen molar-refractivity contribution in [1.82, 2.24) is 0 Å². The molecule has 1 aromatic rings. The van der Waals surface area contributed by atoms with Crippen LogP contribution in [-0.2, 0) is 16.0 Å². The summed E-state index contributed by atoms with van der Waals surface area (Å²) in [5, 5.41) is 8.39. The van der Waals surface area contributed by atoms with Gasteiger partial charge in [-0.1, -0.05) is 12.1 Å². The molecule has 1 N–H and O–H groups in total. The Morgan fingerprint density at radius 2 is 2.13 bits per heavy atom. The van der Waals surface area contributed by atoms with E-state index in [0.29, 0.717) is 0 Å². The van der Waals surface area contributed by atoms with Crippen LogP contribution in [0.1, 0.15) is 5.56 Å². The van der Waals surface area contributed by atoms with E-state index in [1.165, 1.54) is 25.3 Å². The summed E-state index contributed by atoms with van der Waals surface area (Å²) < 4.78 is 17.9. The minimum Gasteiger partial charge on any atom is -0.493 e. The number of carboxylic acid groups (broad SMARTS) is 1. The molecule has 0 aliphatic heterocycles. The number of Topliss-reactive ketones (excluding diaryl/α,β-unsaturated/α-hetero) is 1.